The van der Waals surface area contributed by atoms with Crippen molar-refractivity contribution in [1.82, 2.24) is 10.2 Å². The van der Waals surface area contributed by atoms with Crippen LogP contribution in [-0.2, 0) is 9.53 Å². The van der Waals surface area contributed by atoms with E-state index in [1.54, 1.807) is 12.0 Å². The van der Waals surface area contributed by atoms with E-state index in [0.29, 0.717) is 25.4 Å². The second-order valence-corrected chi connectivity index (χ2v) is 5.55. The van der Waals surface area contributed by atoms with Gasteiger partial charge < -0.3 is 20.1 Å². The number of aliphatic carboxylic acids is 1. The van der Waals surface area contributed by atoms with Crippen LogP contribution in [0.1, 0.15) is 25.7 Å². The highest BCUT2D eigenvalue weighted by Gasteiger charge is 2.33. The van der Waals surface area contributed by atoms with Gasteiger partial charge in [-0.25, -0.2) is 4.79 Å². The number of carbonyl (C=O) groups is 2. The molecule has 0 radical (unpaired) electrons. The predicted octanol–water partition coefficient (Wildman–Crippen LogP) is 0.918. The van der Waals surface area contributed by atoms with Crippen LogP contribution in [0.4, 0.5) is 4.79 Å². The number of nitrogens with zero attached hydrogens (tertiary/aromatic N) is 1. The maximum Gasteiger partial charge on any atom is 0.317 e. The van der Waals surface area contributed by atoms with E-state index in [9.17, 15) is 9.59 Å². The molecule has 3 atom stereocenters. The number of urea groups is 1. The Labute approximate surface area is 113 Å². The summed E-state index contributed by atoms with van der Waals surface area (Å²) in [5.41, 5.74) is 0. The number of hydrogen-bond acceptors (Lipinski definition) is 3. The van der Waals surface area contributed by atoms with Gasteiger partial charge in [0.2, 0.25) is 0 Å². The number of nitrogens with one attached hydrogen (secondary N) is 1. The monoisotopic (exact) mass is 270 g/mol. The maximum absolute atomic E-state index is 12.1. The van der Waals surface area contributed by atoms with E-state index in [2.05, 4.69) is 5.32 Å². The minimum Gasteiger partial charge on any atom is -0.481 e. The Bertz CT molecular complexity index is 348. The van der Waals surface area contributed by atoms with Crippen LogP contribution >= 0.6 is 0 Å². The SMILES string of the molecule is COCC1CCN(C(=O)NC2CCC(C(=O)O)C2)C1. The molecule has 1 aliphatic carbocycles. The second-order valence-electron chi connectivity index (χ2n) is 5.55. The highest BCUT2D eigenvalue weighted by Crippen LogP contribution is 2.26. The quantitative estimate of drug-likeness (QED) is 0.796. The van der Waals surface area contributed by atoms with E-state index < -0.39 is 5.97 Å². The molecule has 1 saturated carbocycles. The molecule has 1 saturated heterocycles. The number of carbonyl (C=O) groups excluding carboxylic acids is 1. The third kappa shape index (κ3) is 3.59. The van der Waals surface area contributed by atoms with Crippen LogP contribution in [0.25, 0.3) is 0 Å². The predicted molar refractivity (Wildman–Crippen MR) is 68.9 cm³/mol. The zero-order chi connectivity index (χ0) is 13.8. The van der Waals surface area contributed by atoms with E-state index in [0.717, 1.165) is 25.9 Å². The van der Waals surface area contributed by atoms with Gasteiger partial charge in [0.05, 0.1) is 12.5 Å². The summed E-state index contributed by atoms with van der Waals surface area (Å²) in [7, 11) is 1.67. The molecule has 0 aromatic rings. The lowest BCUT2D eigenvalue weighted by atomic mass is 10.1. The van der Waals surface area contributed by atoms with Gasteiger partial charge >= 0.3 is 12.0 Å². The molecule has 0 aromatic heterocycles. The van der Waals surface area contributed by atoms with E-state index in [-0.39, 0.29) is 18.0 Å². The molecule has 3 unspecified atom stereocenters. The summed E-state index contributed by atoms with van der Waals surface area (Å²) in [4.78, 5) is 24.7. The fourth-order valence-electron chi connectivity index (χ4n) is 2.99. The summed E-state index contributed by atoms with van der Waals surface area (Å²) >= 11 is 0. The smallest absolute Gasteiger partial charge is 0.317 e. The van der Waals surface area contributed by atoms with Gasteiger partial charge in [-0.3, -0.25) is 4.79 Å². The Balaban J connectivity index is 1.75. The second kappa shape index (κ2) is 6.23. The van der Waals surface area contributed by atoms with E-state index in [1.807, 2.05) is 0 Å². The van der Waals surface area contributed by atoms with Gasteiger partial charge in [-0.2, -0.15) is 0 Å². The Morgan fingerprint density at radius 2 is 2.16 bits per heavy atom. The van der Waals surface area contributed by atoms with Gasteiger partial charge in [0.1, 0.15) is 0 Å². The van der Waals surface area contributed by atoms with Crippen molar-refractivity contribution in [3.05, 3.63) is 0 Å². The van der Waals surface area contributed by atoms with Crippen molar-refractivity contribution in [1.29, 1.82) is 0 Å². The van der Waals surface area contributed by atoms with Gasteiger partial charge in [0, 0.05) is 32.2 Å². The molecule has 2 N–H and O–H groups in total. The fourth-order valence-corrected chi connectivity index (χ4v) is 2.99. The number of hydrogen-bond donors (Lipinski definition) is 2. The summed E-state index contributed by atoms with van der Waals surface area (Å²) in [6, 6.07) is -0.0512. The first-order chi connectivity index (χ1) is 9.10. The number of amides is 2. The summed E-state index contributed by atoms with van der Waals surface area (Å²) in [5.74, 6) is -0.630. The molecule has 0 aromatic carbocycles. The van der Waals surface area contributed by atoms with Crippen LogP contribution < -0.4 is 5.32 Å². The standard InChI is InChI=1S/C13H22N2O4/c1-19-8-9-4-5-15(7-9)13(18)14-11-3-2-10(6-11)12(16)17/h9-11H,2-8H2,1H3,(H,14,18)(H,16,17). The van der Waals surface area contributed by atoms with Crippen LogP contribution in [0.2, 0.25) is 0 Å². The lowest BCUT2D eigenvalue weighted by Crippen LogP contribution is -2.43. The third-order valence-electron chi connectivity index (χ3n) is 4.08. The number of likely N-dealkylation sites (tertiary alicyclic amines) is 1. The van der Waals surface area contributed by atoms with Crippen molar-refractivity contribution >= 4 is 12.0 Å². The lowest BCUT2D eigenvalue weighted by Gasteiger charge is -2.20. The summed E-state index contributed by atoms with van der Waals surface area (Å²) in [5, 5.41) is 11.9. The maximum atomic E-state index is 12.1. The van der Waals surface area contributed by atoms with Crippen molar-refractivity contribution in [2.75, 3.05) is 26.8 Å². The molecule has 6 heteroatoms. The Morgan fingerprint density at radius 1 is 1.37 bits per heavy atom. The number of carboxylic acids is 1. The molecule has 1 aliphatic heterocycles. The van der Waals surface area contributed by atoms with Crippen molar-refractivity contribution in [2.24, 2.45) is 11.8 Å². The van der Waals surface area contributed by atoms with Crippen LogP contribution in [0.15, 0.2) is 0 Å². The van der Waals surface area contributed by atoms with Gasteiger partial charge in [-0.05, 0) is 25.7 Å². The molecule has 0 spiro atoms. The zero-order valence-electron chi connectivity index (χ0n) is 11.3. The van der Waals surface area contributed by atoms with Gasteiger partial charge in [-0.1, -0.05) is 0 Å². The summed E-state index contributed by atoms with van der Waals surface area (Å²) < 4.78 is 5.10. The van der Waals surface area contributed by atoms with Crippen molar-refractivity contribution in [2.45, 2.75) is 31.7 Å². The van der Waals surface area contributed by atoms with Crippen LogP contribution in [0.5, 0.6) is 0 Å². The van der Waals surface area contributed by atoms with Crippen molar-refractivity contribution in [3.8, 4) is 0 Å². The molecule has 2 amide bonds. The summed E-state index contributed by atoms with van der Waals surface area (Å²) in [6.45, 7) is 2.18. The average molecular weight is 270 g/mol. The van der Waals surface area contributed by atoms with Gasteiger partial charge in [-0.15, -0.1) is 0 Å². The largest absolute Gasteiger partial charge is 0.481 e. The summed E-state index contributed by atoms with van der Waals surface area (Å²) in [6.07, 6.45) is 2.95. The highest BCUT2D eigenvalue weighted by atomic mass is 16.5. The molecule has 1 heterocycles. The Morgan fingerprint density at radius 3 is 2.79 bits per heavy atom. The molecule has 0 bridgehead atoms. The number of methoxy groups -OCH3 is 1. The van der Waals surface area contributed by atoms with E-state index in [1.165, 1.54) is 0 Å². The topological polar surface area (TPSA) is 78.9 Å². The first-order valence-corrected chi connectivity index (χ1v) is 6.87. The normalized spacial score (nSPS) is 30.6. The zero-order valence-corrected chi connectivity index (χ0v) is 11.3. The first kappa shape index (κ1) is 14.1. The van der Waals surface area contributed by atoms with Gasteiger partial charge in [0.25, 0.3) is 0 Å². The number of rotatable bonds is 4. The molecule has 2 aliphatic rings. The van der Waals surface area contributed by atoms with Crippen molar-refractivity contribution < 1.29 is 19.4 Å². The molecule has 2 rings (SSSR count). The van der Waals surface area contributed by atoms with Crippen LogP contribution in [0, 0.1) is 11.8 Å². The first-order valence-electron chi connectivity index (χ1n) is 6.87. The van der Waals surface area contributed by atoms with E-state index >= 15 is 0 Å². The molecular weight excluding hydrogens is 248 g/mol. The average Bonchev–Trinajstić information content (AvgIpc) is 2.98. The molecular formula is C13H22N2O4. The van der Waals surface area contributed by atoms with E-state index in [4.69, 9.17) is 9.84 Å². The third-order valence-corrected chi connectivity index (χ3v) is 4.08. The minimum absolute atomic E-state index is 0.00933. The molecule has 19 heavy (non-hydrogen) atoms. The van der Waals surface area contributed by atoms with Crippen LogP contribution in [-0.4, -0.2) is 54.9 Å². The van der Waals surface area contributed by atoms with Gasteiger partial charge in [0.15, 0.2) is 0 Å². The van der Waals surface area contributed by atoms with Crippen molar-refractivity contribution in [3.63, 3.8) is 0 Å². The van der Waals surface area contributed by atoms with Crippen LogP contribution in [0.3, 0.4) is 0 Å². The molecule has 6 nitrogen and oxygen atoms in total. The fraction of sp³-hybridized carbons (Fsp3) is 0.846. The Kier molecular flexibility index (Phi) is 4.63. The minimum atomic E-state index is -0.752. The lowest BCUT2D eigenvalue weighted by molar-refractivity contribution is -0.141. The number of carboxylic acid groups (broad SMARTS) is 1. The molecule has 108 valence electrons. The Hall–Kier alpha value is -1.30. The molecule has 2 fully saturated rings. The number of ether oxygens (including phenoxy) is 1. The highest BCUT2D eigenvalue weighted by molar-refractivity contribution is 5.75.